The van der Waals surface area contributed by atoms with Crippen molar-refractivity contribution < 1.29 is 24.2 Å². The maximum absolute atomic E-state index is 12.6. The summed E-state index contributed by atoms with van der Waals surface area (Å²) in [5.41, 5.74) is 4.66. The third kappa shape index (κ3) is 2.51. The van der Waals surface area contributed by atoms with Crippen LogP contribution in [-0.2, 0) is 14.3 Å². The molecule has 138 valence electrons. The third-order valence-corrected chi connectivity index (χ3v) is 5.78. The number of benzene rings is 2. The van der Waals surface area contributed by atoms with Crippen molar-refractivity contribution in [3.05, 3.63) is 59.7 Å². The van der Waals surface area contributed by atoms with Gasteiger partial charge in [-0.1, -0.05) is 48.5 Å². The number of carboxylic acid groups (broad SMARTS) is 1. The summed E-state index contributed by atoms with van der Waals surface area (Å²) in [6.07, 6.45) is -0.865. The van der Waals surface area contributed by atoms with Crippen LogP contribution >= 0.6 is 0 Å². The highest BCUT2D eigenvalue weighted by atomic mass is 16.6. The summed E-state index contributed by atoms with van der Waals surface area (Å²) < 4.78 is 11.1. The second-order valence-corrected chi connectivity index (χ2v) is 7.19. The summed E-state index contributed by atoms with van der Waals surface area (Å²) in [6, 6.07) is 15.9. The van der Waals surface area contributed by atoms with Gasteiger partial charge in [0.1, 0.15) is 12.5 Å². The van der Waals surface area contributed by atoms with Gasteiger partial charge in [0.15, 0.2) is 0 Å². The number of hydrogen-bond donors (Lipinski definition) is 1. The average molecular weight is 365 g/mol. The third-order valence-electron chi connectivity index (χ3n) is 5.78. The minimum atomic E-state index is -0.927. The normalized spacial score (nSPS) is 25.3. The van der Waals surface area contributed by atoms with E-state index in [0.717, 1.165) is 11.1 Å². The second kappa shape index (κ2) is 6.09. The lowest BCUT2D eigenvalue weighted by Gasteiger charge is -2.26. The standard InChI is InChI=1S/C21H19NO5/c23-20(24)17-18-19(17)26-10-9-22(18)21(25)27-11-16-14-7-3-1-5-12(14)13-6-2-4-8-15(13)16/h1-8,16-19H,9-11H2,(H,23,24). The Balaban J connectivity index is 1.33. The second-order valence-electron chi connectivity index (χ2n) is 7.19. The van der Waals surface area contributed by atoms with Gasteiger partial charge in [-0.2, -0.15) is 0 Å². The molecule has 0 bridgehead atoms. The molecule has 1 aliphatic heterocycles. The lowest BCUT2D eigenvalue weighted by molar-refractivity contribution is -0.139. The van der Waals surface area contributed by atoms with Crippen molar-refractivity contribution >= 4 is 12.1 Å². The van der Waals surface area contributed by atoms with Crippen LogP contribution in [0, 0.1) is 5.92 Å². The van der Waals surface area contributed by atoms with Crippen LogP contribution in [0.1, 0.15) is 17.0 Å². The van der Waals surface area contributed by atoms with Crippen molar-refractivity contribution in [3.8, 4) is 11.1 Å². The molecular formula is C21H19NO5. The van der Waals surface area contributed by atoms with Crippen molar-refractivity contribution in [3.63, 3.8) is 0 Å². The Labute approximate surface area is 156 Å². The van der Waals surface area contributed by atoms with Crippen molar-refractivity contribution in [2.45, 2.75) is 18.1 Å². The van der Waals surface area contributed by atoms with Gasteiger partial charge < -0.3 is 14.6 Å². The molecule has 0 spiro atoms. The smallest absolute Gasteiger partial charge is 0.410 e. The van der Waals surface area contributed by atoms with E-state index < -0.39 is 30.1 Å². The number of rotatable bonds is 3. The summed E-state index contributed by atoms with van der Waals surface area (Å²) >= 11 is 0. The number of carbonyl (C=O) groups is 2. The number of hydrogen-bond acceptors (Lipinski definition) is 4. The van der Waals surface area contributed by atoms with Crippen molar-refractivity contribution in [1.29, 1.82) is 0 Å². The van der Waals surface area contributed by atoms with E-state index in [1.165, 1.54) is 16.0 Å². The molecule has 1 saturated heterocycles. The monoisotopic (exact) mass is 365 g/mol. The molecule has 2 aliphatic carbocycles. The van der Waals surface area contributed by atoms with Gasteiger partial charge >= 0.3 is 12.1 Å². The van der Waals surface area contributed by atoms with Crippen molar-refractivity contribution in [1.82, 2.24) is 4.90 Å². The van der Waals surface area contributed by atoms with Crippen LogP contribution in [0.2, 0.25) is 0 Å². The number of morpholine rings is 1. The number of amides is 1. The molecule has 1 N–H and O–H groups in total. The first kappa shape index (κ1) is 16.3. The first-order chi connectivity index (χ1) is 13.2. The molecule has 3 atom stereocenters. The average Bonchev–Trinajstić information content (AvgIpc) is 3.35. The van der Waals surface area contributed by atoms with Gasteiger partial charge in [-0.3, -0.25) is 9.69 Å². The van der Waals surface area contributed by atoms with Crippen LogP contribution in [0.15, 0.2) is 48.5 Å². The topological polar surface area (TPSA) is 76.1 Å². The first-order valence-electron chi connectivity index (χ1n) is 9.13. The number of aliphatic carboxylic acids is 1. The molecule has 3 aliphatic rings. The molecule has 6 heteroatoms. The number of carboxylic acids is 1. The van der Waals surface area contributed by atoms with E-state index >= 15 is 0 Å². The highest BCUT2D eigenvalue weighted by Crippen LogP contribution is 2.45. The number of ether oxygens (including phenoxy) is 2. The van der Waals surface area contributed by atoms with Gasteiger partial charge in [0.05, 0.1) is 18.8 Å². The Bertz CT molecular complexity index is 881. The van der Waals surface area contributed by atoms with E-state index in [4.69, 9.17) is 9.47 Å². The van der Waals surface area contributed by atoms with Gasteiger partial charge in [-0.15, -0.1) is 0 Å². The molecule has 6 nitrogen and oxygen atoms in total. The quantitative estimate of drug-likeness (QED) is 0.905. The summed E-state index contributed by atoms with van der Waals surface area (Å²) in [4.78, 5) is 25.4. The van der Waals surface area contributed by atoms with Crippen molar-refractivity contribution in [2.75, 3.05) is 19.8 Å². The summed E-state index contributed by atoms with van der Waals surface area (Å²) in [7, 11) is 0. The molecule has 2 aromatic rings. The van der Waals surface area contributed by atoms with Gasteiger partial charge in [0.2, 0.25) is 0 Å². The predicted octanol–water partition coefficient (Wildman–Crippen LogP) is 2.72. The van der Waals surface area contributed by atoms with Crippen LogP contribution in [0.3, 0.4) is 0 Å². The lowest BCUT2D eigenvalue weighted by atomic mass is 9.98. The Kier molecular flexibility index (Phi) is 3.68. The first-order valence-corrected chi connectivity index (χ1v) is 9.13. The number of fused-ring (bicyclic) bond motifs is 4. The van der Waals surface area contributed by atoms with Crippen LogP contribution in [0.25, 0.3) is 11.1 Å². The Morgan fingerprint density at radius 2 is 1.70 bits per heavy atom. The van der Waals surface area contributed by atoms with Crippen LogP contribution in [-0.4, -0.2) is 54.0 Å². The lowest BCUT2D eigenvalue weighted by Crippen LogP contribution is -2.42. The molecule has 3 unspecified atom stereocenters. The maximum atomic E-state index is 12.6. The molecule has 2 fully saturated rings. The Morgan fingerprint density at radius 1 is 1.07 bits per heavy atom. The molecule has 0 radical (unpaired) electrons. The molecule has 27 heavy (non-hydrogen) atoms. The molecule has 1 heterocycles. The zero-order chi connectivity index (χ0) is 18.5. The number of nitrogens with zero attached hydrogens (tertiary/aromatic N) is 1. The predicted molar refractivity (Wildman–Crippen MR) is 96.4 cm³/mol. The summed E-state index contributed by atoms with van der Waals surface area (Å²) in [5, 5.41) is 9.25. The molecule has 2 aromatic carbocycles. The molecule has 1 amide bonds. The molecule has 1 saturated carbocycles. The Hall–Kier alpha value is -2.86. The number of carbonyl (C=O) groups excluding carboxylic acids is 1. The summed E-state index contributed by atoms with van der Waals surface area (Å²) in [5.74, 6) is -1.58. The fraction of sp³-hybridized carbons (Fsp3) is 0.333. The van der Waals surface area contributed by atoms with Crippen molar-refractivity contribution in [2.24, 2.45) is 5.92 Å². The minimum Gasteiger partial charge on any atom is -0.481 e. The van der Waals surface area contributed by atoms with E-state index in [0.29, 0.717) is 13.2 Å². The van der Waals surface area contributed by atoms with E-state index in [2.05, 4.69) is 24.3 Å². The van der Waals surface area contributed by atoms with Gasteiger partial charge in [-0.05, 0) is 22.3 Å². The van der Waals surface area contributed by atoms with E-state index in [1.54, 1.807) is 0 Å². The van der Waals surface area contributed by atoms with Gasteiger partial charge in [0, 0.05) is 12.5 Å². The van der Waals surface area contributed by atoms with Crippen LogP contribution in [0.4, 0.5) is 4.79 Å². The maximum Gasteiger partial charge on any atom is 0.410 e. The SMILES string of the molecule is O=C(O)C1C2OCCN(C(=O)OCC3c4ccccc4-c4ccccc43)C21. The largest absolute Gasteiger partial charge is 0.481 e. The fourth-order valence-corrected chi connectivity index (χ4v) is 4.45. The zero-order valence-corrected chi connectivity index (χ0v) is 14.6. The molecular weight excluding hydrogens is 346 g/mol. The molecule has 5 rings (SSSR count). The van der Waals surface area contributed by atoms with E-state index in [9.17, 15) is 14.7 Å². The highest BCUT2D eigenvalue weighted by molar-refractivity contribution is 5.80. The zero-order valence-electron chi connectivity index (χ0n) is 14.6. The minimum absolute atomic E-state index is 0.00680. The molecule has 0 aromatic heterocycles. The summed E-state index contributed by atoms with van der Waals surface area (Å²) in [6.45, 7) is 0.941. The van der Waals surface area contributed by atoms with E-state index in [-0.39, 0.29) is 12.5 Å². The Morgan fingerprint density at radius 3 is 2.33 bits per heavy atom. The van der Waals surface area contributed by atoms with Gasteiger partial charge in [0.25, 0.3) is 0 Å². The van der Waals surface area contributed by atoms with Crippen LogP contribution in [0.5, 0.6) is 0 Å². The van der Waals surface area contributed by atoms with Crippen LogP contribution < -0.4 is 0 Å². The highest BCUT2D eigenvalue weighted by Gasteiger charge is 2.63. The van der Waals surface area contributed by atoms with Gasteiger partial charge in [-0.25, -0.2) is 4.79 Å². The fourth-order valence-electron chi connectivity index (χ4n) is 4.45. The van der Waals surface area contributed by atoms with E-state index in [1.807, 2.05) is 24.3 Å².